The Morgan fingerprint density at radius 1 is 0.818 bits per heavy atom. The number of carbonyl (C=O) groups is 4. The molecule has 4 amide bonds. The highest BCUT2D eigenvalue weighted by atomic mass is 16.5. The van der Waals surface area contributed by atoms with Gasteiger partial charge >= 0.3 is 0 Å². The number of aromatic nitrogens is 3. The molecule has 3 aromatic carbocycles. The normalized spacial score (nSPS) is 15.0. The molecule has 13 heteroatoms. The van der Waals surface area contributed by atoms with Crippen LogP contribution in [0.3, 0.4) is 0 Å². The second-order valence-corrected chi connectivity index (χ2v) is 14.0. The Bertz CT molecular complexity index is 2210. The molecule has 1 fully saturated rings. The van der Waals surface area contributed by atoms with Crippen LogP contribution < -0.4 is 25.4 Å². The number of hydrogen-bond acceptors (Lipinski definition) is 7. The van der Waals surface area contributed by atoms with Crippen molar-refractivity contribution in [1.29, 1.82) is 0 Å². The lowest BCUT2D eigenvalue weighted by molar-refractivity contribution is -0.116. The summed E-state index contributed by atoms with van der Waals surface area (Å²) >= 11 is 0. The molecule has 7 rings (SSSR count). The van der Waals surface area contributed by atoms with E-state index in [1.165, 1.54) is 0 Å². The van der Waals surface area contributed by atoms with Crippen LogP contribution in [-0.4, -0.2) is 69.0 Å². The van der Waals surface area contributed by atoms with Crippen molar-refractivity contribution in [2.24, 2.45) is 14.1 Å². The predicted molar refractivity (Wildman–Crippen MR) is 210 cm³/mol. The molecule has 1 saturated heterocycles. The van der Waals surface area contributed by atoms with Crippen LogP contribution in [0.1, 0.15) is 75.6 Å². The molecular formula is C42H45N7O6. The summed E-state index contributed by atoms with van der Waals surface area (Å²) in [5, 5.41) is 8.54. The van der Waals surface area contributed by atoms with E-state index in [1.807, 2.05) is 72.7 Å². The lowest BCUT2D eigenvalue weighted by Gasteiger charge is -2.34. The lowest BCUT2D eigenvalue weighted by Crippen LogP contribution is -2.42. The highest BCUT2D eigenvalue weighted by Crippen LogP contribution is 2.36. The second-order valence-electron chi connectivity index (χ2n) is 14.0. The van der Waals surface area contributed by atoms with E-state index in [1.54, 1.807) is 47.7 Å². The minimum atomic E-state index is -0.434. The van der Waals surface area contributed by atoms with Gasteiger partial charge in [-0.3, -0.25) is 19.2 Å². The number of nitrogens with zero attached hydrogens (tertiary/aromatic N) is 4. The van der Waals surface area contributed by atoms with Gasteiger partial charge in [0, 0.05) is 68.0 Å². The monoisotopic (exact) mass is 743 g/mol. The largest absolute Gasteiger partial charge is 0.493 e. The lowest BCUT2D eigenvalue weighted by atomic mass is 9.98. The average molecular weight is 744 g/mol. The molecule has 4 heterocycles. The fourth-order valence-electron chi connectivity index (χ4n) is 7.28. The summed E-state index contributed by atoms with van der Waals surface area (Å²) in [7, 11) is 5.06. The van der Waals surface area contributed by atoms with Gasteiger partial charge < -0.3 is 39.5 Å². The van der Waals surface area contributed by atoms with Crippen molar-refractivity contribution >= 4 is 40.8 Å². The van der Waals surface area contributed by atoms with E-state index in [4.69, 9.17) is 9.47 Å². The third kappa shape index (κ3) is 8.40. The van der Waals surface area contributed by atoms with E-state index in [0.29, 0.717) is 40.6 Å². The van der Waals surface area contributed by atoms with Gasteiger partial charge in [-0.15, -0.1) is 0 Å². The fourth-order valence-corrected chi connectivity index (χ4v) is 7.28. The molecule has 5 aromatic rings. The quantitative estimate of drug-likeness (QED) is 0.121. The molecule has 2 aliphatic rings. The Kier molecular flexibility index (Phi) is 11.0. The van der Waals surface area contributed by atoms with Crippen LogP contribution in [0.15, 0.2) is 85.2 Å². The van der Waals surface area contributed by atoms with Crippen LogP contribution in [0.2, 0.25) is 0 Å². The molecule has 0 aliphatic carbocycles. The van der Waals surface area contributed by atoms with E-state index < -0.39 is 5.91 Å². The van der Waals surface area contributed by atoms with Gasteiger partial charge in [-0.1, -0.05) is 30.3 Å². The maximum atomic E-state index is 13.3. The summed E-state index contributed by atoms with van der Waals surface area (Å²) < 4.78 is 15.0. The molecule has 13 nitrogen and oxygen atoms in total. The summed E-state index contributed by atoms with van der Waals surface area (Å²) in [4.78, 5) is 58.5. The van der Waals surface area contributed by atoms with Crippen molar-refractivity contribution < 1.29 is 28.7 Å². The molecule has 0 radical (unpaired) electrons. The van der Waals surface area contributed by atoms with E-state index in [9.17, 15) is 19.2 Å². The Morgan fingerprint density at radius 3 is 2.36 bits per heavy atom. The van der Waals surface area contributed by atoms with E-state index in [0.717, 1.165) is 55.3 Å². The topological polar surface area (TPSA) is 149 Å². The molecule has 2 aromatic heterocycles. The maximum absolute atomic E-state index is 13.3. The Labute approximate surface area is 319 Å². The zero-order valence-electron chi connectivity index (χ0n) is 31.3. The van der Waals surface area contributed by atoms with E-state index in [2.05, 4.69) is 20.9 Å². The highest BCUT2D eigenvalue weighted by molar-refractivity contribution is 6.04. The van der Waals surface area contributed by atoms with Crippen molar-refractivity contribution in [3.8, 4) is 22.6 Å². The third-order valence-corrected chi connectivity index (χ3v) is 10.2. The number of rotatable bonds is 12. The van der Waals surface area contributed by atoms with Crippen LogP contribution in [0.4, 0.5) is 17.2 Å². The number of imidazole rings is 1. The van der Waals surface area contributed by atoms with Gasteiger partial charge in [-0.25, -0.2) is 4.98 Å². The number of anilines is 3. The van der Waals surface area contributed by atoms with Crippen molar-refractivity contribution in [2.75, 3.05) is 36.2 Å². The van der Waals surface area contributed by atoms with E-state index >= 15 is 0 Å². The van der Waals surface area contributed by atoms with Gasteiger partial charge in [-0.05, 0) is 92.1 Å². The zero-order valence-corrected chi connectivity index (χ0v) is 31.3. The van der Waals surface area contributed by atoms with Gasteiger partial charge in [0.25, 0.3) is 17.7 Å². The van der Waals surface area contributed by atoms with Gasteiger partial charge in [0.1, 0.15) is 5.69 Å². The third-order valence-electron chi connectivity index (χ3n) is 10.2. The Morgan fingerprint density at radius 2 is 1.58 bits per heavy atom. The van der Waals surface area contributed by atoms with Crippen LogP contribution >= 0.6 is 0 Å². The maximum Gasteiger partial charge on any atom is 0.291 e. The number of nitrogens with one attached hydrogen (secondary N) is 3. The minimum absolute atomic E-state index is 0.0639. The van der Waals surface area contributed by atoms with Gasteiger partial charge in [0.15, 0.2) is 17.3 Å². The molecule has 284 valence electrons. The number of aryl methyl sites for hydroxylation is 3. The fraction of sp³-hybridized carbons (Fsp3) is 0.310. The molecular weight excluding hydrogens is 699 g/mol. The molecule has 1 atom stereocenters. The van der Waals surface area contributed by atoms with Crippen molar-refractivity contribution in [3.05, 3.63) is 108 Å². The first kappa shape index (κ1) is 37.0. The summed E-state index contributed by atoms with van der Waals surface area (Å²) in [6.07, 6.45) is 9.04. The van der Waals surface area contributed by atoms with Crippen molar-refractivity contribution in [2.45, 2.75) is 51.0 Å². The summed E-state index contributed by atoms with van der Waals surface area (Å²) in [5.74, 6) is 0.603. The summed E-state index contributed by atoms with van der Waals surface area (Å²) in [6, 6.07) is 22.4. The zero-order chi connectivity index (χ0) is 38.5. The van der Waals surface area contributed by atoms with Gasteiger partial charge in [-0.2, -0.15) is 0 Å². The van der Waals surface area contributed by atoms with Crippen LogP contribution in [-0.2, 0) is 25.3 Å². The standard InChI is InChI=1S/C42H45N7O6/c1-47-25-29(22-34(47)40(51)43-30-10-5-4-6-11-30)27-14-17-31(18-15-27)44-41(52)39-46-37(26-48(39)2)45-38(50)13-9-21-55-36-23-28-16-19-32-12-7-8-20-49(32)42(53)33(28)24-35(36)54-3/h4-6,10-11,14-15,17-18,22-26,32H,7-9,12-13,16,19-21H2,1-3H3,(H,43,51)(H,44,52)(H,45,50)/t32-/m0/s1. The number of ether oxygens (including phenoxy) is 2. The molecule has 0 unspecified atom stereocenters. The smallest absolute Gasteiger partial charge is 0.291 e. The number of fused-ring (bicyclic) bond motifs is 2. The van der Waals surface area contributed by atoms with Crippen LogP contribution in [0.5, 0.6) is 11.5 Å². The molecule has 0 spiro atoms. The highest BCUT2D eigenvalue weighted by Gasteiger charge is 2.32. The second kappa shape index (κ2) is 16.3. The first-order valence-electron chi connectivity index (χ1n) is 18.6. The average Bonchev–Trinajstić information content (AvgIpc) is 3.73. The van der Waals surface area contributed by atoms with Crippen LogP contribution in [0.25, 0.3) is 11.1 Å². The molecule has 55 heavy (non-hydrogen) atoms. The first-order valence-corrected chi connectivity index (χ1v) is 18.6. The predicted octanol–water partition coefficient (Wildman–Crippen LogP) is 6.68. The number of carbonyl (C=O) groups excluding carboxylic acids is 4. The van der Waals surface area contributed by atoms with Gasteiger partial charge in [0.2, 0.25) is 11.7 Å². The summed E-state index contributed by atoms with van der Waals surface area (Å²) in [6.45, 7) is 1.07. The van der Waals surface area contributed by atoms with E-state index in [-0.39, 0.29) is 48.4 Å². The minimum Gasteiger partial charge on any atom is -0.493 e. The van der Waals surface area contributed by atoms with Crippen molar-refractivity contribution in [1.82, 2.24) is 19.0 Å². The molecule has 0 saturated carbocycles. The number of benzene rings is 3. The molecule has 2 aliphatic heterocycles. The van der Waals surface area contributed by atoms with Crippen molar-refractivity contribution in [3.63, 3.8) is 0 Å². The van der Waals surface area contributed by atoms with Gasteiger partial charge in [0.05, 0.1) is 13.7 Å². The number of piperidine rings is 1. The number of para-hydroxylation sites is 1. The van der Waals surface area contributed by atoms with Crippen LogP contribution in [0, 0.1) is 0 Å². The number of amides is 4. The Hall–Kier alpha value is -6.37. The molecule has 3 N–H and O–H groups in total. The SMILES string of the molecule is COc1cc2c(cc1OCCCC(=O)Nc1cn(C)c(C(=O)Nc3ccc(-c4cc(C(=O)Nc5ccccc5)n(C)c4)cc3)n1)CC[C@@H]1CCCCN1C2=O. The summed E-state index contributed by atoms with van der Waals surface area (Å²) in [5.41, 5.74) is 5.17. The number of hydrogen-bond donors (Lipinski definition) is 3. The number of methoxy groups -OCH3 is 1. The Balaban J connectivity index is 0.895. The first-order chi connectivity index (χ1) is 26.7. The molecule has 0 bridgehead atoms.